The van der Waals surface area contributed by atoms with Crippen LogP contribution in [0.5, 0.6) is 0 Å². The molecule has 1 saturated carbocycles. The number of carboxylic acid groups (broad SMARTS) is 1. The van der Waals surface area contributed by atoms with E-state index in [4.69, 9.17) is 17.3 Å². The Labute approximate surface area is 130 Å². The molecule has 8 nitrogen and oxygen atoms in total. The summed E-state index contributed by atoms with van der Waals surface area (Å²) < 4.78 is 0. The number of rotatable bonds is 4. The summed E-state index contributed by atoms with van der Waals surface area (Å²) in [7, 11) is 0. The number of hydrogen-bond donors (Lipinski definition) is 3. The van der Waals surface area contributed by atoms with Crippen LogP contribution in [-0.4, -0.2) is 27.0 Å². The molecule has 3 rings (SSSR count). The number of nitrogens with two attached hydrogens (primary N) is 1. The second kappa shape index (κ2) is 5.13. The number of carboxylic acids is 1. The predicted molar refractivity (Wildman–Crippen MR) is 79.6 cm³/mol. The molecule has 2 aliphatic carbocycles. The molecule has 1 aromatic rings. The van der Waals surface area contributed by atoms with Crippen LogP contribution >= 0.6 is 11.6 Å². The van der Waals surface area contributed by atoms with Gasteiger partial charge in [-0.1, -0.05) is 23.8 Å². The Bertz CT molecular complexity index is 693. The number of nitrogen functional groups attached to an aromatic ring is 1. The van der Waals surface area contributed by atoms with E-state index in [1.165, 1.54) is 6.20 Å². The predicted octanol–water partition coefficient (Wildman–Crippen LogP) is 1.91. The van der Waals surface area contributed by atoms with Crippen LogP contribution in [0.15, 0.2) is 18.3 Å². The Hall–Kier alpha value is -2.35. The highest BCUT2D eigenvalue weighted by Crippen LogP contribution is 2.47. The molecular weight excluding hydrogens is 312 g/mol. The number of aliphatic carboxylic acids is 1. The molecule has 2 bridgehead atoms. The lowest BCUT2D eigenvalue weighted by Gasteiger charge is -2.27. The zero-order valence-corrected chi connectivity index (χ0v) is 12.0. The second-order valence-electron chi connectivity index (χ2n) is 5.45. The number of hydrogen-bond acceptors (Lipinski definition) is 6. The van der Waals surface area contributed by atoms with Gasteiger partial charge in [-0.05, 0) is 18.3 Å². The highest BCUT2D eigenvalue weighted by atomic mass is 35.5. The van der Waals surface area contributed by atoms with Gasteiger partial charge >= 0.3 is 11.7 Å². The molecule has 0 aromatic carbocycles. The first kappa shape index (κ1) is 14.6. The fourth-order valence-electron chi connectivity index (χ4n) is 3.34. The van der Waals surface area contributed by atoms with E-state index in [1.54, 1.807) is 0 Å². The Morgan fingerprint density at radius 1 is 1.50 bits per heavy atom. The van der Waals surface area contributed by atoms with Crippen molar-refractivity contribution >= 4 is 34.8 Å². The fraction of sp³-hybridized carbons (Fsp3) is 0.385. The molecule has 0 spiro atoms. The maximum absolute atomic E-state index is 11.5. The van der Waals surface area contributed by atoms with Crippen LogP contribution in [0.3, 0.4) is 0 Å². The van der Waals surface area contributed by atoms with Gasteiger partial charge in [-0.3, -0.25) is 14.9 Å². The van der Waals surface area contributed by atoms with Gasteiger partial charge in [0.15, 0.2) is 0 Å². The van der Waals surface area contributed by atoms with Crippen LogP contribution in [0.2, 0.25) is 5.02 Å². The summed E-state index contributed by atoms with van der Waals surface area (Å²) in [6.45, 7) is 0. The van der Waals surface area contributed by atoms with Crippen molar-refractivity contribution in [3.63, 3.8) is 0 Å². The number of anilines is 2. The van der Waals surface area contributed by atoms with Crippen LogP contribution < -0.4 is 11.1 Å². The number of pyridine rings is 1. The third-order valence-corrected chi connectivity index (χ3v) is 4.56. The van der Waals surface area contributed by atoms with Crippen molar-refractivity contribution in [2.45, 2.75) is 12.5 Å². The summed E-state index contributed by atoms with van der Waals surface area (Å²) in [5.41, 5.74) is 5.15. The van der Waals surface area contributed by atoms with Gasteiger partial charge < -0.3 is 16.2 Å². The molecule has 4 N–H and O–H groups in total. The molecule has 1 heterocycles. The van der Waals surface area contributed by atoms with Crippen LogP contribution in [0.1, 0.15) is 6.42 Å². The van der Waals surface area contributed by atoms with E-state index >= 15 is 0 Å². The molecule has 0 aliphatic heterocycles. The summed E-state index contributed by atoms with van der Waals surface area (Å²) in [6.07, 6.45) is 5.75. The van der Waals surface area contributed by atoms with Gasteiger partial charge in [0.25, 0.3) is 0 Å². The lowest BCUT2D eigenvalue weighted by molar-refractivity contribution is -0.383. The van der Waals surface area contributed by atoms with E-state index in [-0.39, 0.29) is 28.4 Å². The highest BCUT2D eigenvalue weighted by Gasteiger charge is 2.49. The standard InChI is InChI=1S/C13H13ClN4O4/c14-7-4-16-12(15)11(18(21)22)10(7)17-9-6-2-1-5(3-6)8(9)13(19)20/h1-2,4-6,8-9H,3H2,(H,19,20)(H3,15,16,17)/t5-,6+,8+,9-/m1/s1. The number of halogens is 1. The lowest BCUT2D eigenvalue weighted by Crippen LogP contribution is -2.38. The molecular formula is C13H13ClN4O4. The average molecular weight is 325 g/mol. The largest absolute Gasteiger partial charge is 0.481 e. The van der Waals surface area contributed by atoms with E-state index in [2.05, 4.69) is 10.3 Å². The molecule has 0 amide bonds. The third-order valence-electron chi connectivity index (χ3n) is 4.27. The third kappa shape index (κ3) is 2.16. The Kier molecular flexibility index (Phi) is 3.40. The molecule has 1 fully saturated rings. The number of carbonyl (C=O) groups is 1. The van der Waals surface area contributed by atoms with Crippen molar-refractivity contribution in [2.75, 3.05) is 11.1 Å². The monoisotopic (exact) mass is 324 g/mol. The van der Waals surface area contributed by atoms with Crippen LogP contribution in [0.4, 0.5) is 17.2 Å². The Balaban J connectivity index is 2.00. The SMILES string of the molecule is Nc1ncc(Cl)c(N[C@H]2[C@@H](C(=O)O)[C@@H]3C=C[C@H]2C3)c1[N+](=O)[O-]. The van der Waals surface area contributed by atoms with Gasteiger partial charge in [0.05, 0.1) is 22.1 Å². The van der Waals surface area contributed by atoms with E-state index in [0.29, 0.717) is 6.42 Å². The molecule has 9 heteroatoms. The van der Waals surface area contributed by atoms with Gasteiger partial charge in [0.1, 0.15) is 5.69 Å². The number of nitrogens with zero attached hydrogens (tertiary/aromatic N) is 2. The summed E-state index contributed by atoms with van der Waals surface area (Å²) in [5, 5.41) is 23.6. The van der Waals surface area contributed by atoms with Gasteiger partial charge in [-0.2, -0.15) is 0 Å². The number of nitrogens with one attached hydrogen (secondary N) is 1. The number of nitro groups is 1. The molecule has 0 radical (unpaired) electrons. The summed E-state index contributed by atoms with van der Waals surface area (Å²) in [4.78, 5) is 25.7. The van der Waals surface area contributed by atoms with Crippen molar-refractivity contribution in [1.29, 1.82) is 0 Å². The minimum Gasteiger partial charge on any atom is -0.481 e. The maximum Gasteiger partial charge on any atom is 0.335 e. The minimum absolute atomic E-state index is 0.00356. The minimum atomic E-state index is -0.935. The molecule has 0 unspecified atom stereocenters. The molecule has 1 aromatic heterocycles. The molecule has 116 valence electrons. The average Bonchev–Trinajstić information content (AvgIpc) is 3.03. The zero-order chi connectivity index (χ0) is 16.0. The topological polar surface area (TPSA) is 131 Å². The number of fused-ring (bicyclic) bond motifs is 2. The number of allylic oxidation sites excluding steroid dienone is 1. The molecule has 4 atom stereocenters. The normalized spacial score (nSPS) is 28.8. The first-order valence-electron chi connectivity index (χ1n) is 6.66. The van der Waals surface area contributed by atoms with Gasteiger partial charge in [0, 0.05) is 6.04 Å². The first-order chi connectivity index (χ1) is 10.4. The van der Waals surface area contributed by atoms with Crippen molar-refractivity contribution < 1.29 is 14.8 Å². The van der Waals surface area contributed by atoms with Gasteiger partial charge in [-0.15, -0.1) is 0 Å². The van der Waals surface area contributed by atoms with Gasteiger partial charge in [-0.25, -0.2) is 4.98 Å². The molecule has 22 heavy (non-hydrogen) atoms. The van der Waals surface area contributed by atoms with E-state index in [0.717, 1.165) is 0 Å². The van der Waals surface area contributed by atoms with Crippen molar-refractivity contribution in [1.82, 2.24) is 4.98 Å². The Morgan fingerprint density at radius 3 is 2.82 bits per heavy atom. The van der Waals surface area contributed by atoms with Crippen LogP contribution in [0.25, 0.3) is 0 Å². The lowest BCUT2D eigenvalue weighted by atomic mass is 9.89. The smallest absolute Gasteiger partial charge is 0.335 e. The van der Waals surface area contributed by atoms with Crippen LogP contribution in [0, 0.1) is 27.9 Å². The summed E-state index contributed by atoms with van der Waals surface area (Å²) in [5.74, 6) is -1.93. The number of aromatic nitrogens is 1. The molecule has 2 aliphatic rings. The zero-order valence-electron chi connectivity index (χ0n) is 11.3. The second-order valence-corrected chi connectivity index (χ2v) is 5.86. The summed E-state index contributed by atoms with van der Waals surface area (Å²) >= 11 is 6.00. The van der Waals surface area contributed by atoms with Crippen LogP contribution in [-0.2, 0) is 4.79 Å². The van der Waals surface area contributed by atoms with E-state index < -0.39 is 28.5 Å². The fourth-order valence-corrected chi connectivity index (χ4v) is 3.53. The van der Waals surface area contributed by atoms with E-state index in [1.807, 2.05) is 12.2 Å². The van der Waals surface area contributed by atoms with Crippen molar-refractivity contribution in [2.24, 2.45) is 17.8 Å². The maximum atomic E-state index is 11.5. The van der Waals surface area contributed by atoms with Crippen molar-refractivity contribution in [3.8, 4) is 0 Å². The highest BCUT2D eigenvalue weighted by molar-refractivity contribution is 6.33. The Morgan fingerprint density at radius 2 is 2.18 bits per heavy atom. The molecule has 0 saturated heterocycles. The van der Waals surface area contributed by atoms with E-state index in [9.17, 15) is 20.0 Å². The first-order valence-corrected chi connectivity index (χ1v) is 7.04. The summed E-state index contributed by atoms with van der Waals surface area (Å²) in [6, 6.07) is -0.467. The van der Waals surface area contributed by atoms with Gasteiger partial charge in [0.2, 0.25) is 5.82 Å². The quantitative estimate of drug-likeness (QED) is 0.438. The van der Waals surface area contributed by atoms with Crippen molar-refractivity contribution in [3.05, 3.63) is 33.5 Å².